The van der Waals surface area contributed by atoms with E-state index in [4.69, 9.17) is 11.6 Å². The lowest BCUT2D eigenvalue weighted by molar-refractivity contribution is 1.08. The first-order valence-corrected chi connectivity index (χ1v) is 6.66. The number of anilines is 1. The molecule has 0 heterocycles. The number of benzene rings is 2. The van der Waals surface area contributed by atoms with Crippen LogP contribution in [-0.4, -0.2) is 0 Å². The van der Waals surface area contributed by atoms with Gasteiger partial charge in [0.2, 0.25) is 0 Å². The molecule has 0 atom stereocenters. The molecule has 2 aromatic rings. The Morgan fingerprint density at radius 1 is 1.00 bits per heavy atom. The molecule has 0 radical (unpaired) electrons. The molecule has 2 rings (SSSR count). The first-order chi connectivity index (χ1) is 8.72. The van der Waals surface area contributed by atoms with Crippen molar-refractivity contribution in [2.75, 3.05) is 5.32 Å². The second kappa shape index (κ2) is 5.92. The number of hydrogen-bond donors (Lipinski definition) is 1. The number of halogens is 1. The molecular formula is C16H18ClN. The quantitative estimate of drug-likeness (QED) is 0.830. The maximum atomic E-state index is 6.16. The molecule has 0 aliphatic rings. The van der Waals surface area contributed by atoms with Crippen molar-refractivity contribution in [3.05, 3.63) is 64.2 Å². The van der Waals surface area contributed by atoms with Crippen LogP contribution >= 0.6 is 11.6 Å². The Morgan fingerprint density at radius 2 is 1.72 bits per heavy atom. The zero-order chi connectivity index (χ0) is 13.0. The van der Waals surface area contributed by atoms with E-state index in [2.05, 4.69) is 43.4 Å². The van der Waals surface area contributed by atoms with E-state index in [-0.39, 0.29) is 0 Å². The Hall–Kier alpha value is -1.47. The van der Waals surface area contributed by atoms with Crippen molar-refractivity contribution < 1.29 is 0 Å². The molecule has 94 valence electrons. The summed E-state index contributed by atoms with van der Waals surface area (Å²) in [5.41, 5.74) is 4.99. The number of nitrogens with one attached hydrogen (secondary N) is 1. The highest BCUT2D eigenvalue weighted by Gasteiger charge is 2.04. The van der Waals surface area contributed by atoms with E-state index >= 15 is 0 Å². The molecule has 1 N–H and O–H groups in total. The smallest absolute Gasteiger partial charge is 0.0455 e. The molecule has 0 saturated carbocycles. The summed E-state index contributed by atoms with van der Waals surface area (Å²) >= 11 is 6.16. The van der Waals surface area contributed by atoms with Crippen molar-refractivity contribution in [1.29, 1.82) is 0 Å². The van der Waals surface area contributed by atoms with Gasteiger partial charge in [-0.25, -0.2) is 0 Å². The van der Waals surface area contributed by atoms with Gasteiger partial charge >= 0.3 is 0 Å². The maximum Gasteiger partial charge on any atom is 0.0455 e. The van der Waals surface area contributed by atoms with Gasteiger partial charge in [-0.3, -0.25) is 0 Å². The van der Waals surface area contributed by atoms with Crippen LogP contribution in [0.3, 0.4) is 0 Å². The lowest BCUT2D eigenvalue weighted by Crippen LogP contribution is -2.04. The molecular weight excluding hydrogens is 242 g/mol. The van der Waals surface area contributed by atoms with Crippen LogP contribution in [0.25, 0.3) is 0 Å². The molecule has 2 aromatic carbocycles. The predicted octanol–water partition coefficient (Wildman–Crippen LogP) is 4.82. The molecule has 1 nitrogen and oxygen atoms in total. The third kappa shape index (κ3) is 2.85. The molecule has 0 bridgehead atoms. The maximum absolute atomic E-state index is 6.16. The van der Waals surface area contributed by atoms with E-state index in [0.29, 0.717) is 0 Å². The second-order valence-electron chi connectivity index (χ2n) is 4.41. The van der Waals surface area contributed by atoms with Crippen LogP contribution in [-0.2, 0) is 13.0 Å². The van der Waals surface area contributed by atoms with Crippen molar-refractivity contribution in [1.82, 2.24) is 0 Å². The zero-order valence-electron chi connectivity index (χ0n) is 10.8. The second-order valence-corrected chi connectivity index (χ2v) is 4.81. The summed E-state index contributed by atoms with van der Waals surface area (Å²) in [6, 6.07) is 14.4. The van der Waals surface area contributed by atoms with Crippen LogP contribution in [0.1, 0.15) is 23.6 Å². The Kier molecular flexibility index (Phi) is 4.27. The van der Waals surface area contributed by atoms with Crippen LogP contribution < -0.4 is 5.32 Å². The molecule has 0 unspecified atom stereocenters. The Labute approximate surface area is 114 Å². The van der Waals surface area contributed by atoms with Crippen LogP contribution in [0.5, 0.6) is 0 Å². The van der Waals surface area contributed by atoms with Crippen LogP contribution in [0.2, 0.25) is 5.02 Å². The van der Waals surface area contributed by atoms with Gasteiger partial charge in [0.05, 0.1) is 0 Å². The van der Waals surface area contributed by atoms with Gasteiger partial charge in [-0.05, 0) is 36.1 Å². The molecule has 0 fully saturated rings. The number of para-hydroxylation sites is 1. The molecule has 0 aromatic heterocycles. The van der Waals surface area contributed by atoms with Crippen LogP contribution in [0, 0.1) is 6.92 Å². The molecule has 18 heavy (non-hydrogen) atoms. The molecule has 0 saturated heterocycles. The monoisotopic (exact) mass is 259 g/mol. The van der Waals surface area contributed by atoms with Crippen molar-refractivity contribution in [3.8, 4) is 0 Å². The van der Waals surface area contributed by atoms with E-state index in [1.54, 1.807) is 0 Å². The highest BCUT2D eigenvalue weighted by Crippen LogP contribution is 2.23. The Bertz CT molecular complexity index is 534. The first-order valence-electron chi connectivity index (χ1n) is 6.28. The van der Waals surface area contributed by atoms with E-state index < -0.39 is 0 Å². The largest absolute Gasteiger partial charge is 0.380 e. The Morgan fingerprint density at radius 3 is 2.44 bits per heavy atom. The third-order valence-electron chi connectivity index (χ3n) is 3.15. The fraction of sp³-hybridized carbons (Fsp3) is 0.250. The standard InChI is InChI=1S/C16H18ClN/c1-3-13-9-6-7-12(2)16(13)18-11-14-8-4-5-10-15(14)17/h4-10,18H,3,11H2,1-2H3. The summed E-state index contributed by atoms with van der Waals surface area (Å²) in [7, 11) is 0. The van der Waals surface area contributed by atoms with Gasteiger partial charge in [0.1, 0.15) is 0 Å². The average Bonchev–Trinajstić information content (AvgIpc) is 2.39. The van der Waals surface area contributed by atoms with Gasteiger partial charge in [-0.15, -0.1) is 0 Å². The highest BCUT2D eigenvalue weighted by molar-refractivity contribution is 6.31. The fourth-order valence-electron chi connectivity index (χ4n) is 2.10. The lowest BCUT2D eigenvalue weighted by atomic mass is 10.1. The molecule has 2 heteroatoms. The van der Waals surface area contributed by atoms with Crippen molar-refractivity contribution >= 4 is 17.3 Å². The lowest BCUT2D eigenvalue weighted by Gasteiger charge is -2.14. The summed E-state index contributed by atoms with van der Waals surface area (Å²) in [5.74, 6) is 0. The topological polar surface area (TPSA) is 12.0 Å². The van der Waals surface area contributed by atoms with E-state index in [0.717, 1.165) is 23.6 Å². The van der Waals surface area contributed by atoms with Gasteiger partial charge in [0.15, 0.2) is 0 Å². The normalized spacial score (nSPS) is 10.4. The van der Waals surface area contributed by atoms with E-state index in [9.17, 15) is 0 Å². The number of aryl methyl sites for hydroxylation is 2. The minimum absolute atomic E-state index is 0.761. The Balaban J connectivity index is 2.18. The summed E-state index contributed by atoms with van der Waals surface area (Å²) in [6.07, 6.45) is 1.03. The van der Waals surface area contributed by atoms with Crippen molar-refractivity contribution in [2.45, 2.75) is 26.8 Å². The summed E-state index contributed by atoms with van der Waals surface area (Å²) in [5, 5.41) is 4.32. The molecule has 0 amide bonds. The summed E-state index contributed by atoms with van der Waals surface area (Å²) in [4.78, 5) is 0. The average molecular weight is 260 g/mol. The van der Waals surface area contributed by atoms with Crippen LogP contribution in [0.4, 0.5) is 5.69 Å². The predicted molar refractivity (Wildman–Crippen MR) is 79.3 cm³/mol. The molecule has 0 spiro atoms. The van der Waals surface area contributed by atoms with Gasteiger partial charge in [0.25, 0.3) is 0 Å². The summed E-state index contributed by atoms with van der Waals surface area (Å²) in [6.45, 7) is 5.07. The van der Waals surface area contributed by atoms with Gasteiger partial charge in [-0.2, -0.15) is 0 Å². The van der Waals surface area contributed by atoms with E-state index in [1.165, 1.54) is 16.8 Å². The number of hydrogen-bond acceptors (Lipinski definition) is 1. The van der Waals surface area contributed by atoms with Gasteiger partial charge in [-0.1, -0.05) is 54.9 Å². The van der Waals surface area contributed by atoms with Crippen LogP contribution in [0.15, 0.2) is 42.5 Å². The first kappa shape index (κ1) is 13.0. The molecule has 0 aliphatic carbocycles. The van der Waals surface area contributed by atoms with Gasteiger partial charge in [0, 0.05) is 17.3 Å². The van der Waals surface area contributed by atoms with Crippen molar-refractivity contribution in [3.63, 3.8) is 0 Å². The summed E-state index contributed by atoms with van der Waals surface area (Å²) < 4.78 is 0. The third-order valence-corrected chi connectivity index (χ3v) is 3.52. The minimum Gasteiger partial charge on any atom is -0.380 e. The zero-order valence-corrected chi connectivity index (χ0v) is 11.6. The SMILES string of the molecule is CCc1cccc(C)c1NCc1ccccc1Cl. The van der Waals surface area contributed by atoms with E-state index in [1.807, 2.05) is 18.2 Å². The number of rotatable bonds is 4. The van der Waals surface area contributed by atoms with Crippen molar-refractivity contribution in [2.24, 2.45) is 0 Å². The highest BCUT2D eigenvalue weighted by atomic mass is 35.5. The molecule has 0 aliphatic heterocycles. The minimum atomic E-state index is 0.761. The van der Waals surface area contributed by atoms with Gasteiger partial charge < -0.3 is 5.32 Å². The fourth-order valence-corrected chi connectivity index (χ4v) is 2.30.